The second-order valence-electron chi connectivity index (χ2n) is 3.08. The first-order chi connectivity index (χ1) is 7.44. The number of aliphatic carboxylic acids is 1. The van der Waals surface area contributed by atoms with Gasteiger partial charge in [0.2, 0.25) is 0 Å². The quantitative estimate of drug-likeness (QED) is 0.537. The molecule has 0 heterocycles. The number of hydrogen-bond acceptors (Lipinski definition) is 3. The van der Waals surface area contributed by atoms with E-state index in [2.05, 4.69) is 6.58 Å². The molecule has 88 valence electrons. The second-order valence-corrected chi connectivity index (χ2v) is 3.08. The minimum atomic E-state index is -1.67. The van der Waals surface area contributed by atoms with Crippen molar-refractivity contribution >= 4 is 5.97 Å². The van der Waals surface area contributed by atoms with E-state index in [1.54, 1.807) is 31.2 Å². The van der Waals surface area contributed by atoms with Gasteiger partial charge in [-0.15, -0.1) is 0 Å². The Labute approximate surface area is 94.5 Å². The van der Waals surface area contributed by atoms with Crippen LogP contribution in [-0.4, -0.2) is 21.3 Å². The lowest BCUT2D eigenvalue weighted by atomic mass is 10.0. The summed E-state index contributed by atoms with van der Waals surface area (Å²) in [7, 11) is 0. The summed E-state index contributed by atoms with van der Waals surface area (Å²) in [5, 5.41) is 26.3. The zero-order valence-electron chi connectivity index (χ0n) is 9.13. The molecule has 0 aliphatic rings. The van der Waals surface area contributed by atoms with Gasteiger partial charge in [0.25, 0.3) is 0 Å². The first-order valence-corrected chi connectivity index (χ1v) is 4.79. The number of carboxylic acid groups (broad SMARTS) is 1. The zero-order chi connectivity index (χ0) is 12.6. The van der Waals surface area contributed by atoms with Crippen molar-refractivity contribution in [2.75, 3.05) is 0 Å². The average molecular weight is 224 g/mol. The van der Waals surface area contributed by atoms with Gasteiger partial charge in [0, 0.05) is 18.1 Å². The fourth-order valence-electron chi connectivity index (χ4n) is 0.909. The van der Waals surface area contributed by atoms with E-state index in [0.29, 0.717) is 12.0 Å². The average Bonchev–Trinajstić information content (AvgIpc) is 2.31. The molecule has 4 nitrogen and oxygen atoms in total. The van der Waals surface area contributed by atoms with Gasteiger partial charge in [-0.25, -0.2) is 4.79 Å². The number of benzene rings is 1. The van der Waals surface area contributed by atoms with E-state index >= 15 is 0 Å². The van der Waals surface area contributed by atoms with Crippen LogP contribution in [0.4, 0.5) is 0 Å². The molecule has 1 rings (SSSR count). The van der Waals surface area contributed by atoms with Gasteiger partial charge in [0.05, 0.1) is 0 Å². The van der Waals surface area contributed by atoms with Crippen LogP contribution >= 0.6 is 0 Å². The van der Waals surface area contributed by atoms with Crippen LogP contribution in [0.25, 0.3) is 0 Å². The Kier molecular flexibility index (Phi) is 6.07. The summed E-state index contributed by atoms with van der Waals surface area (Å²) in [6.45, 7) is 4.69. The third-order valence-corrected chi connectivity index (χ3v) is 1.90. The van der Waals surface area contributed by atoms with E-state index in [9.17, 15) is 15.0 Å². The summed E-state index contributed by atoms with van der Waals surface area (Å²) in [4.78, 5) is 9.25. The Morgan fingerprint density at radius 2 is 1.81 bits per heavy atom. The molecule has 0 radical (unpaired) electrons. The summed E-state index contributed by atoms with van der Waals surface area (Å²) >= 11 is 0. The van der Waals surface area contributed by atoms with Crippen molar-refractivity contribution in [3.8, 4) is 0 Å². The molecule has 16 heavy (non-hydrogen) atoms. The molecule has 1 aromatic rings. The summed E-state index contributed by atoms with van der Waals surface area (Å²) < 4.78 is 0. The maximum atomic E-state index is 9.35. The lowest BCUT2D eigenvalue weighted by molar-refractivity contribution is -0.171. The minimum absolute atomic E-state index is 0.303. The van der Waals surface area contributed by atoms with Crippen LogP contribution in [0, 0.1) is 0 Å². The molecule has 1 aromatic carbocycles. The lowest BCUT2D eigenvalue weighted by Crippen LogP contribution is -2.23. The molecular weight excluding hydrogens is 208 g/mol. The molecular formula is C12H16O4. The molecule has 0 aromatic heterocycles. The standard InChI is InChI=1S/C9H12O2.C3H4O2/c1-2-9(10,11)8-6-4-3-5-7-8;1-2-3(4)5/h3-7,10-11H,2H2,1H3;2H,1H2,(H,4,5). The number of hydrogen-bond donors (Lipinski definition) is 3. The summed E-state index contributed by atoms with van der Waals surface area (Å²) in [6, 6.07) is 8.81. The minimum Gasteiger partial charge on any atom is -0.478 e. The van der Waals surface area contributed by atoms with Gasteiger partial charge in [0.1, 0.15) is 0 Å². The van der Waals surface area contributed by atoms with Crippen LogP contribution in [0.2, 0.25) is 0 Å². The summed E-state index contributed by atoms with van der Waals surface area (Å²) in [5.74, 6) is -2.65. The predicted octanol–water partition coefficient (Wildman–Crippen LogP) is 1.49. The van der Waals surface area contributed by atoms with Crippen molar-refractivity contribution in [1.29, 1.82) is 0 Å². The van der Waals surface area contributed by atoms with E-state index in [4.69, 9.17) is 5.11 Å². The first kappa shape index (κ1) is 14.4. The normalized spacial score (nSPS) is 9.94. The number of rotatable bonds is 3. The first-order valence-electron chi connectivity index (χ1n) is 4.79. The predicted molar refractivity (Wildman–Crippen MR) is 60.7 cm³/mol. The Bertz CT molecular complexity index is 330. The van der Waals surface area contributed by atoms with Crippen LogP contribution in [0.3, 0.4) is 0 Å². The van der Waals surface area contributed by atoms with Crippen molar-refractivity contribution in [3.05, 3.63) is 48.6 Å². The molecule has 3 N–H and O–H groups in total. The smallest absolute Gasteiger partial charge is 0.327 e. The molecule has 0 atom stereocenters. The zero-order valence-corrected chi connectivity index (χ0v) is 9.13. The van der Waals surface area contributed by atoms with Gasteiger partial charge in [-0.1, -0.05) is 43.8 Å². The monoisotopic (exact) mass is 224 g/mol. The van der Waals surface area contributed by atoms with Crippen molar-refractivity contribution in [1.82, 2.24) is 0 Å². The maximum Gasteiger partial charge on any atom is 0.327 e. The van der Waals surface area contributed by atoms with Gasteiger partial charge >= 0.3 is 5.97 Å². The van der Waals surface area contributed by atoms with Gasteiger partial charge in [-0.2, -0.15) is 0 Å². The second kappa shape index (κ2) is 6.76. The van der Waals surface area contributed by atoms with Crippen LogP contribution in [0.1, 0.15) is 18.9 Å². The largest absolute Gasteiger partial charge is 0.478 e. The summed E-state index contributed by atoms with van der Waals surface area (Å²) in [6.07, 6.45) is 1.14. The number of carbonyl (C=O) groups is 1. The van der Waals surface area contributed by atoms with E-state index in [0.717, 1.165) is 6.08 Å². The van der Waals surface area contributed by atoms with Crippen LogP contribution in [-0.2, 0) is 10.6 Å². The van der Waals surface area contributed by atoms with Crippen LogP contribution in [0.15, 0.2) is 43.0 Å². The van der Waals surface area contributed by atoms with Gasteiger partial charge in [0.15, 0.2) is 5.79 Å². The molecule has 0 spiro atoms. The van der Waals surface area contributed by atoms with Crippen molar-refractivity contribution < 1.29 is 20.1 Å². The van der Waals surface area contributed by atoms with E-state index in [1.165, 1.54) is 0 Å². The molecule has 0 aliphatic heterocycles. The Morgan fingerprint density at radius 1 is 1.38 bits per heavy atom. The highest BCUT2D eigenvalue weighted by molar-refractivity contribution is 5.78. The van der Waals surface area contributed by atoms with Crippen LogP contribution < -0.4 is 0 Å². The highest BCUT2D eigenvalue weighted by Crippen LogP contribution is 2.20. The summed E-state index contributed by atoms with van der Waals surface area (Å²) in [5.41, 5.74) is 0.544. The highest BCUT2D eigenvalue weighted by atomic mass is 16.5. The molecule has 4 heteroatoms. The van der Waals surface area contributed by atoms with E-state index in [1.807, 2.05) is 6.07 Å². The lowest BCUT2D eigenvalue weighted by Gasteiger charge is -2.19. The fourth-order valence-corrected chi connectivity index (χ4v) is 0.909. The van der Waals surface area contributed by atoms with Crippen molar-refractivity contribution in [3.63, 3.8) is 0 Å². The highest BCUT2D eigenvalue weighted by Gasteiger charge is 2.21. The third-order valence-electron chi connectivity index (χ3n) is 1.90. The molecule has 0 aliphatic carbocycles. The molecule has 0 unspecified atom stereocenters. The Morgan fingerprint density at radius 3 is 2.12 bits per heavy atom. The van der Waals surface area contributed by atoms with Crippen molar-refractivity contribution in [2.24, 2.45) is 0 Å². The fraction of sp³-hybridized carbons (Fsp3) is 0.250. The Balaban J connectivity index is 0.000000385. The van der Waals surface area contributed by atoms with Gasteiger partial charge in [-0.05, 0) is 0 Å². The third kappa shape index (κ3) is 5.29. The Hall–Kier alpha value is -1.65. The molecule has 0 saturated carbocycles. The van der Waals surface area contributed by atoms with Crippen molar-refractivity contribution in [2.45, 2.75) is 19.1 Å². The van der Waals surface area contributed by atoms with Crippen LogP contribution in [0.5, 0.6) is 0 Å². The van der Waals surface area contributed by atoms with E-state index < -0.39 is 11.8 Å². The molecule has 0 amide bonds. The molecule has 0 saturated heterocycles. The van der Waals surface area contributed by atoms with E-state index in [-0.39, 0.29) is 0 Å². The number of carboxylic acids is 1. The number of aliphatic hydroxyl groups is 2. The molecule has 0 bridgehead atoms. The topological polar surface area (TPSA) is 77.8 Å². The SMILES string of the molecule is C=CC(=O)O.CCC(O)(O)c1ccccc1. The van der Waals surface area contributed by atoms with Gasteiger partial charge < -0.3 is 15.3 Å². The van der Waals surface area contributed by atoms with Gasteiger partial charge in [-0.3, -0.25) is 0 Å². The maximum absolute atomic E-state index is 9.35. The molecule has 0 fully saturated rings.